The number of H-pyrrole nitrogens is 1. The normalized spacial score (nSPS) is 11.2. The molecular formula is C28H24ClN7O2S. The lowest BCUT2D eigenvalue weighted by atomic mass is 10.2. The predicted octanol–water partition coefficient (Wildman–Crippen LogP) is 5.75. The van der Waals surface area contributed by atoms with Crippen LogP contribution in [-0.4, -0.2) is 61.0 Å². The van der Waals surface area contributed by atoms with E-state index in [1.807, 2.05) is 71.3 Å². The number of amides is 1. The fourth-order valence-corrected chi connectivity index (χ4v) is 4.45. The third-order valence-electron chi connectivity index (χ3n) is 5.33. The largest absolute Gasteiger partial charge is 0.510 e. The van der Waals surface area contributed by atoms with Crippen molar-refractivity contribution in [1.29, 1.82) is 5.26 Å². The zero-order chi connectivity index (χ0) is 27.8. The molecule has 11 heteroatoms. The molecule has 9 nitrogen and oxygen atoms in total. The number of allylic oxidation sites excluding steroid dienone is 1. The molecule has 196 valence electrons. The molecule has 0 saturated heterocycles. The summed E-state index contributed by atoms with van der Waals surface area (Å²) >= 11 is 7.33. The van der Waals surface area contributed by atoms with E-state index in [1.165, 1.54) is 16.7 Å². The van der Waals surface area contributed by atoms with Crippen LogP contribution in [0.1, 0.15) is 5.82 Å². The molecule has 0 unspecified atom stereocenters. The van der Waals surface area contributed by atoms with E-state index < -0.39 is 0 Å². The Hall–Kier alpha value is -4.59. The fraction of sp³-hybridized carbons (Fsp3) is 0.107. The monoisotopic (exact) mass is 557 g/mol. The maximum atomic E-state index is 10.8. The molecule has 5 rings (SSSR count). The number of carbonyl (C=O) groups excluding carboxylic acids is 1. The van der Waals surface area contributed by atoms with Crippen molar-refractivity contribution in [3.8, 4) is 23.1 Å². The molecule has 3 aromatic carbocycles. The van der Waals surface area contributed by atoms with E-state index >= 15 is 0 Å². The van der Waals surface area contributed by atoms with Crippen LogP contribution in [0, 0.1) is 11.3 Å². The van der Waals surface area contributed by atoms with E-state index in [-0.39, 0.29) is 17.1 Å². The van der Waals surface area contributed by atoms with Crippen LogP contribution in [0.5, 0.6) is 0 Å². The highest BCUT2D eigenvalue weighted by molar-refractivity contribution is 7.99. The molecule has 39 heavy (non-hydrogen) atoms. The van der Waals surface area contributed by atoms with E-state index in [0.717, 1.165) is 28.7 Å². The van der Waals surface area contributed by atoms with Crippen LogP contribution in [0.25, 0.3) is 33.7 Å². The van der Waals surface area contributed by atoms with Crippen LogP contribution in [0.3, 0.4) is 0 Å². The van der Waals surface area contributed by atoms with Crippen molar-refractivity contribution in [3.63, 3.8) is 0 Å². The standard InChI is InChI=1S/C25H17ClN6OS.C3H7NO/c26-17-12-10-16(11-13-17)24-30-31-25(32(24)18-6-2-1-3-7-18)34-15-22(33)19(14-27)23-28-20-8-4-5-9-21(20)29-23;1-4(2)3-5/h1-13,33H,15H2,(H,28,29);3H,1-2H3/b22-19-;. The number of para-hydroxylation sites is 3. The summed E-state index contributed by atoms with van der Waals surface area (Å²) in [6.45, 7) is 0. The van der Waals surface area contributed by atoms with Crippen molar-refractivity contribution in [2.45, 2.75) is 5.16 Å². The van der Waals surface area contributed by atoms with E-state index in [2.05, 4.69) is 26.2 Å². The number of imidazole rings is 1. The molecule has 2 aromatic heterocycles. The molecule has 1 amide bonds. The summed E-state index contributed by atoms with van der Waals surface area (Å²) in [5.41, 5.74) is 3.34. The first kappa shape index (κ1) is 27.4. The van der Waals surface area contributed by atoms with Gasteiger partial charge in [-0.3, -0.25) is 9.36 Å². The number of hydrogen-bond donors (Lipinski definition) is 2. The van der Waals surface area contributed by atoms with Crippen LogP contribution in [-0.2, 0) is 4.79 Å². The van der Waals surface area contributed by atoms with Gasteiger partial charge in [0.05, 0.1) is 16.8 Å². The van der Waals surface area contributed by atoms with Gasteiger partial charge < -0.3 is 15.0 Å². The predicted molar refractivity (Wildman–Crippen MR) is 154 cm³/mol. The molecule has 0 spiro atoms. The van der Waals surface area contributed by atoms with Crippen molar-refractivity contribution >= 4 is 46.4 Å². The second-order valence-corrected chi connectivity index (χ2v) is 9.76. The number of nitrogens with one attached hydrogen (secondary N) is 1. The molecule has 0 radical (unpaired) electrons. The SMILES string of the molecule is CN(C)C=O.N#C/C(=C(/O)CSc1nnc(-c2ccc(Cl)cc2)n1-c1ccccc1)c1nc2ccccc2[nH]1. The third-order valence-corrected chi connectivity index (χ3v) is 6.52. The van der Waals surface area contributed by atoms with E-state index in [4.69, 9.17) is 11.6 Å². The number of aromatic amines is 1. The number of halogens is 1. The van der Waals surface area contributed by atoms with Crippen molar-refractivity contribution in [1.82, 2.24) is 29.6 Å². The van der Waals surface area contributed by atoms with Gasteiger partial charge in [-0.2, -0.15) is 5.26 Å². The third kappa shape index (κ3) is 6.65. The highest BCUT2D eigenvalue weighted by atomic mass is 35.5. The maximum Gasteiger partial charge on any atom is 0.209 e. The van der Waals surface area contributed by atoms with Gasteiger partial charge in [0.1, 0.15) is 17.4 Å². The van der Waals surface area contributed by atoms with Crippen molar-refractivity contribution in [3.05, 3.63) is 95.5 Å². The lowest BCUT2D eigenvalue weighted by molar-refractivity contribution is -0.115. The van der Waals surface area contributed by atoms with Crippen LogP contribution >= 0.6 is 23.4 Å². The van der Waals surface area contributed by atoms with Crippen LogP contribution < -0.4 is 0 Å². The Bertz CT molecular complexity index is 1610. The summed E-state index contributed by atoms with van der Waals surface area (Å²) in [5, 5.41) is 30.4. The molecule has 0 fully saturated rings. The Balaban J connectivity index is 0.000000648. The van der Waals surface area contributed by atoms with E-state index in [9.17, 15) is 15.2 Å². The molecular weight excluding hydrogens is 534 g/mol. The molecule has 0 aliphatic heterocycles. The molecule has 2 heterocycles. The Kier molecular flexibility index (Phi) is 8.99. The van der Waals surface area contributed by atoms with Crippen LogP contribution in [0.4, 0.5) is 0 Å². The fourth-order valence-electron chi connectivity index (χ4n) is 3.49. The second kappa shape index (κ2) is 12.8. The molecule has 0 aliphatic rings. The summed E-state index contributed by atoms with van der Waals surface area (Å²) < 4.78 is 1.91. The molecule has 0 saturated carbocycles. The number of aliphatic hydroxyl groups excluding tert-OH is 1. The number of benzene rings is 3. The Morgan fingerprint density at radius 3 is 2.38 bits per heavy atom. The highest BCUT2D eigenvalue weighted by Gasteiger charge is 2.19. The van der Waals surface area contributed by atoms with Gasteiger partial charge in [0, 0.05) is 30.4 Å². The number of rotatable bonds is 7. The van der Waals surface area contributed by atoms with Crippen molar-refractivity contribution in [2.75, 3.05) is 19.8 Å². The maximum absolute atomic E-state index is 10.8. The quantitative estimate of drug-likeness (QED) is 0.113. The number of hydrogen-bond acceptors (Lipinski definition) is 7. The summed E-state index contributed by atoms with van der Waals surface area (Å²) in [6, 6.07) is 26.6. The zero-order valence-electron chi connectivity index (χ0n) is 21.1. The molecule has 0 atom stereocenters. The van der Waals surface area contributed by atoms with Crippen LogP contribution in [0.15, 0.2) is 89.8 Å². The molecule has 5 aromatic rings. The Morgan fingerprint density at radius 2 is 1.74 bits per heavy atom. The van der Waals surface area contributed by atoms with E-state index in [0.29, 0.717) is 21.8 Å². The minimum absolute atomic E-state index is 0.0902. The van der Waals surface area contributed by atoms with Crippen molar-refractivity contribution in [2.24, 2.45) is 0 Å². The summed E-state index contributed by atoms with van der Waals surface area (Å²) in [4.78, 5) is 18.4. The summed E-state index contributed by atoms with van der Waals surface area (Å²) in [7, 11) is 3.38. The topological polar surface area (TPSA) is 124 Å². The number of nitrogens with zero attached hydrogens (tertiary/aromatic N) is 6. The van der Waals surface area contributed by atoms with Gasteiger partial charge in [-0.1, -0.05) is 53.7 Å². The Morgan fingerprint density at radius 1 is 1.08 bits per heavy atom. The van der Waals surface area contributed by atoms with Gasteiger partial charge >= 0.3 is 0 Å². The number of nitriles is 1. The van der Waals surface area contributed by atoms with Gasteiger partial charge in [-0.25, -0.2) is 4.98 Å². The van der Waals surface area contributed by atoms with Gasteiger partial charge in [-0.15, -0.1) is 10.2 Å². The second-order valence-electron chi connectivity index (χ2n) is 8.38. The molecule has 0 aliphatic carbocycles. The van der Waals surface area contributed by atoms with Gasteiger partial charge in [0.25, 0.3) is 0 Å². The average molecular weight is 558 g/mol. The molecule has 2 N–H and O–H groups in total. The number of aromatic nitrogens is 5. The van der Waals surface area contributed by atoms with Gasteiger partial charge in [0.2, 0.25) is 6.41 Å². The Labute approximate surface area is 234 Å². The lowest BCUT2D eigenvalue weighted by Gasteiger charge is -2.10. The van der Waals surface area contributed by atoms with Gasteiger partial charge in [0.15, 0.2) is 16.8 Å². The van der Waals surface area contributed by atoms with Crippen molar-refractivity contribution < 1.29 is 9.90 Å². The lowest BCUT2D eigenvalue weighted by Crippen LogP contribution is -2.06. The summed E-state index contributed by atoms with van der Waals surface area (Å²) in [5.74, 6) is 0.993. The van der Waals surface area contributed by atoms with Gasteiger partial charge in [-0.05, 0) is 48.5 Å². The average Bonchev–Trinajstić information content (AvgIpc) is 3.58. The first-order valence-corrected chi connectivity index (χ1v) is 13.1. The first-order chi connectivity index (χ1) is 18.9. The number of carbonyl (C=O) groups is 1. The van der Waals surface area contributed by atoms with E-state index in [1.54, 1.807) is 26.2 Å². The zero-order valence-corrected chi connectivity index (χ0v) is 22.7. The first-order valence-electron chi connectivity index (χ1n) is 11.7. The minimum atomic E-state index is -0.0952. The number of thioether (sulfide) groups is 1. The molecule has 0 bridgehead atoms. The number of aliphatic hydroxyl groups is 1. The smallest absolute Gasteiger partial charge is 0.209 e. The number of fused-ring (bicyclic) bond motifs is 1. The summed E-state index contributed by atoms with van der Waals surface area (Å²) in [6.07, 6.45) is 0.750. The minimum Gasteiger partial charge on any atom is -0.510 e. The highest BCUT2D eigenvalue weighted by Crippen LogP contribution is 2.30. The van der Waals surface area contributed by atoms with Crippen LogP contribution in [0.2, 0.25) is 5.02 Å².